The van der Waals surface area contributed by atoms with Gasteiger partial charge in [0, 0.05) is 6.54 Å². The summed E-state index contributed by atoms with van der Waals surface area (Å²) in [6.07, 6.45) is 0.834. The number of hydrogen-bond acceptors (Lipinski definition) is 4. The van der Waals surface area contributed by atoms with Gasteiger partial charge >= 0.3 is 5.69 Å². The average Bonchev–Trinajstić information content (AvgIpc) is 2.81. The Labute approximate surface area is 106 Å². The molecular weight excluding hydrogens is 254 g/mol. The molecule has 0 aromatic carbocycles. The third-order valence-corrected chi connectivity index (χ3v) is 3.41. The summed E-state index contributed by atoms with van der Waals surface area (Å²) in [6, 6.07) is 1.64. The number of fused-ring (bicyclic) bond motifs is 1. The molecular formula is C11H13N3O3S. The van der Waals surface area contributed by atoms with Gasteiger partial charge in [0.15, 0.2) is 0 Å². The van der Waals surface area contributed by atoms with Crippen molar-refractivity contribution in [2.45, 2.75) is 19.9 Å². The number of rotatable bonds is 4. The minimum absolute atomic E-state index is 0.0768. The molecule has 2 aromatic heterocycles. The van der Waals surface area contributed by atoms with Gasteiger partial charge in [-0.1, -0.05) is 6.92 Å². The number of nitrogens with zero attached hydrogens (tertiary/aromatic N) is 1. The van der Waals surface area contributed by atoms with Gasteiger partial charge in [-0.2, -0.15) is 0 Å². The minimum atomic E-state index is -0.554. The molecule has 0 aliphatic carbocycles. The second-order valence-corrected chi connectivity index (χ2v) is 4.73. The number of carbonyl (C=O) groups excluding carboxylic acids is 1. The summed E-state index contributed by atoms with van der Waals surface area (Å²) in [6.45, 7) is 2.45. The highest BCUT2D eigenvalue weighted by molar-refractivity contribution is 7.16. The van der Waals surface area contributed by atoms with Crippen molar-refractivity contribution in [2.24, 2.45) is 0 Å². The number of amides is 1. The number of thiophene rings is 1. The van der Waals surface area contributed by atoms with Gasteiger partial charge in [0.25, 0.3) is 5.56 Å². The van der Waals surface area contributed by atoms with Crippen molar-refractivity contribution < 1.29 is 4.79 Å². The maximum absolute atomic E-state index is 11.7. The second kappa shape index (κ2) is 5.18. The Morgan fingerprint density at radius 3 is 3.00 bits per heavy atom. The lowest BCUT2D eigenvalue weighted by Crippen LogP contribution is -2.36. The van der Waals surface area contributed by atoms with Crippen molar-refractivity contribution in [1.29, 1.82) is 0 Å². The fourth-order valence-corrected chi connectivity index (χ4v) is 2.51. The van der Waals surface area contributed by atoms with Gasteiger partial charge in [-0.3, -0.25) is 19.1 Å². The molecule has 0 bridgehead atoms. The lowest BCUT2D eigenvalue weighted by Gasteiger charge is -2.07. The normalized spacial score (nSPS) is 10.7. The summed E-state index contributed by atoms with van der Waals surface area (Å²) < 4.78 is 1.28. The number of carbonyl (C=O) groups is 1. The van der Waals surface area contributed by atoms with E-state index in [-0.39, 0.29) is 12.5 Å². The van der Waals surface area contributed by atoms with Crippen LogP contribution in [0.3, 0.4) is 0 Å². The van der Waals surface area contributed by atoms with Gasteiger partial charge in [-0.25, -0.2) is 4.79 Å². The van der Waals surface area contributed by atoms with E-state index in [2.05, 4.69) is 10.3 Å². The molecule has 0 unspecified atom stereocenters. The number of aromatic nitrogens is 2. The highest BCUT2D eigenvalue weighted by atomic mass is 32.1. The molecule has 0 aliphatic heterocycles. The van der Waals surface area contributed by atoms with Crippen LogP contribution >= 0.6 is 11.3 Å². The fraction of sp³-hybridized carbons (Fsp3) is 0.364. The zero-order valence-corrected chi connectivity index (χ0v) is 10.7. The maximum Gasteiger partial charge on any atom is 0.329 e. The van der Waals surface area contributed by atoms with Crippen molar-refractivity contribution in [1.82, 2.24) is 14.9 Å². The van der Waals surface area contributed by atoms with Crippen LogP contribution in [-0.4, -0.2) is 22.0 Å². The van der Waals surface area contributed by atoms with Gasteiger partial charge in [-0.05, 0) is 17.9 Å². The summed E-state index contributed by atoms with van der Waals surface area (Å²) in [4.78, 5) is 37.6. The summed E-state index contributed by atoms with van der Waals surface area (Å²) >= 11 is 1.27. The number of aromatic amines is 1. The standard InChI is InChI=1S/C11H13N3O3S/c1-2-4-12-8(15)6-14-10-7(3-5-18-10)9(16)13-11(14)17/h3,5H,2,4,6H2,1H3,(H,12,15)(H,13,16,17). The lowest BCUT2D eigenvalue weighted by molar-refractivity contribution is -0.121. The molecule has 0 radical (unpaired) electrons. The van der Waals surface area contributed by atoms with E-state index in [1.54, 1.807) is 11.4 Å². The van der Waals surface area contributed by atoms with Crippen LogP contribution in [0.5, 0.6) is 0 Å². The minimum Gasteiger partial charge on any atom is -0.355 e. The summed E-state index contributed by atoms with van der Waals surface area (Å²) in [7, 11) is 0. The van der Waals surface area contributed by atoms with Gasteiger partial charge in [0.1, 0.15) is 11.4 Å². The Morgan fingerprint density at radius 2 is 2.28 bits per heavy atom. The van der Waals surface area contributed by atoms with Crippen LogP contribution in [0.1, 0.15) is 13.3 Å². The Hall–Kier alpha value is -1.89. The molecule has 0 aliphatic rings. The van der Waals surface area contributed by atoms with E-state index < -0.39 is 11.2 Å². The third-order valence-electron chi connectivity index (χ3n) is 2.47. The van der Waals surface area contributed by atoms with Gasteiger partial charge < -0.3 is 5.32 Å². The van der Waals surface area contributed by atoms with Crippen molar-refractivity contribution in [2.75, 3.05) is 6.54 Å². The molecule has 1 amide bonds. The molecule has 18 heavy (non-hydrogen) atoms. The molecule has 7 heteroatoms. The first-order chi connectivity index (χ1) is 8.63. The smallest absolute Gasteiger partial charge is 0.329 e. The number of nitrogens with one attached hydrogen (secondary N) is 2. The predicted octanol–water partition coefficient (Wildman–Crippen LogP) is 0.277. The van der Waals surface area contributed by atoms with Crippen LogP contribution in [0.15, 0.2) is 21.0 Å². The second-order valence-electron chi connectivity index (χ2n) is 3.83. The molecule has 2 N–H and O–H groups in total. The molecule has 2 aromatic rings. The van der Waals surface area contributed by atoms with Crippen LogP contribution < -0.4 is 16.6 Å². The highest BCUT2D eigenvalue weighted by Crippen LogP contribution is 2.14. The predicted molar refractivity (Wildman–Crippen MR) is 70.0 cm³/mol. The van der Waals surface area contributed by atoms with E-state index in [0.717, 1.165) is 6.42 Å². The van der Waals surface area contributed by atoms with Crippen molar-refractivity contribution in [3.05, 3.63) is 32.3 Å². The van der Waals surface area contributed by atoms with Gasteiger partial charge in [0.2, 0.25) is 5.91 Å². The van der Waals surface area contributed by atoms with Crippen molar-refractivity contribution in [3.63, 3.8) is 0 Å². The van der Waals surface area contributed by atoms with E-state index in [9.17, 15) is 14.4 Å². The summed E-state index contributed by atoms with van der Waals surface area (Å²) in [5.41, 5.74) is -0.969. The van der Waals surface area contributed by atoms with Crippen LogP contribution in [-0.2, 0) is 11.3 Å². The van der Waals surface area contributed by atoms with Crippen molar-refractivity contribution in [3.8, 4) is 0 Å². The average molecular weight is 267 g/mol. The lowest BCUT2D eigenvalue weighted by atomic mass is 10.4. The van der Waals surface area contributed by atoms with E-state index in [0.29, 0.717) is 16.8 Å². The molecule has 0 saturated heterocycles. The van der Waals surface area contributed by atoms with Crippen LogP contribution in [0.4, 0.5) is 0 Å². The van der Waals surface area contributed by atoms with Crippen molar-refractivity contribution >= 4 is 27.5 Å². The monoisotopic (exact) mass is 267 g/mol. The van der Waals surface area contributed by atoms with Crippen LogP contribution in [0.2, 0.25) is 0 Å². The first kappa shape index (κ1) is 12.6. The Balaban J connectivity index is 2.39. The van der Waals surface area contributed by atoms with E-state index in [4.69, 9.17) is 0 Å². The maximum atomic E-state index is 11.7. The molecule has 0 saturated carbocycles. The Bertz CT molecular complexity index is 683. The molecule has 2 heterocycles. The van der Waals surface area contributed by atoms with Gasteiger partial charge in [-0.15, -0.1) is 11.3 Å². The Morgan fingerprint density at radius 1 is 1.50 bits per heavy atom. The molecule has 0 fully saturated rings. The number of H-pyrrole nitrogens is 1. The number of hydrogen-bond donors (Lipinski definition) is 2. The van der Waals surface area contributed by atoms with E-state index in [1.165, 1.54) is 15.9 Å². The zero-order chi connectivity index (χ0) is 13.1. The first-order valence-corrected chi connectivity index (χ1v) is 6.48. The molecule has 6 nitrogen and oxygen atoms in total. The molecule has 0 atom stereocenters. The van der Waals surface area contributed by atoms with Crippen LogP contribution in [0.25, 0.3) is 10.2 Å². The Kier molecular flexibility index (Phi) is 3.61. The molecule has 0 spiro atoms. The highest BCUT2D eigenvalue weighted by Gasteiger charge is 2.11. The third kappa shape index (κ3) is 2.35. The van der Waals surface area contributed by atoms with Gasteiger partial charge in [0.05, 0.1) is 5.39 Å². The summed E-state index contributed by atoms with van der Waals surface area (Å²) in [5, 5.41) is 4.85. The first-order valence-electron chi connectivity index (χ1n) is 5.60. The summed E-state index contributed by atoms with van der Waals surface area (Å²) in [5.74, 6) is -0.235. The quantitative estimate of drug-likeness (QED) is 0.834. The SMILES string of the molecule is CCCNC(=O)Cn1c(=O)[nH]c(=O)c2ccsc21. The topological polar surface area (TPSA) is 84.0 Å². The van der Waals surface area contributed by atoms with Crippen LogP contribution in [0, 0.1) is 0 Å². The molecule has 2 rings (SSSR count). The van der Waals surface area contributed by atoms with E-state index in [1.807, 2.05) is 6.92 Å². The fourth-order valence-electron chi connectivity index (χ4n) is 1.61. The molecule has 96 valence electrons. The zero-order valence-electron chi connectivity index (χ0n) is 9.86. The van der Waals surface area contributed by atoms with E-state index >= 15 is 0 Å². The largest absolute Gasteiger partial charge is 0.355 e.